The average molecular weight is 201 g/mol. The van der Waals surface area contributed by atoms with Crippen molar-refractivity contribution in [3.05, 3.63) is 0 Å². The number of hydrogen-bond donors (Lipinski definition) is 2. The Balaban J connectivity index is 4.15. The van der Waals surface area contributed by atoms with E-state index in [2.05, 4.69) is 5.32 Å². The Kier molecular flexibility index (Phi) is 5.52. The standard InChI is InChI=1S/C9H15NO4/c1-6(2)5-7(9(13)14)10-8(12)3-4-11/h4,6-7H,3,5H2,1-2H3,(H,10,12)(H,13,14). The Bertz CT molecular complexity index is 225. The van der Waals surface area contributed by atoms with Crippen LogP contribution in [0.25, 0.3) is 0 Å². The molecule has 0 aliphatic carbocycles. The van der Waals surface area contributed by atoms with E-state index in [1.165, 1.54) is 0 Å². The second-order valence-corrected chi connectivity index (χ2v) is 3.46. The van der Waals surface area contributed by atoms with Gasteiger partial charge < -0.3 is 15.2 Å². The van der Waals surface area contributed by atoms with Crippen LogP contribution in [0, 0.1) is 5.92 Å². The van der Waals surface area contributed by atoms with Crippen molar-refractivity contribution < 1.29 is 19.5 Å². The Hall–Kier alpha value is -1.39. The fourth-order valence-electron chi connectivity index (χ4n) is 1.02. The van der Waals surface area contributed by atoms with Crippen molar-refractivity contribution in [2.24, 2.45) is 5.92 Å². The highest BCUT2D eigenvalue weighted by Gasteiger charge is 2.20. The number of hydrogen-bond acceptors (Lipinski definition) is 3. The molecule has 0 saturated carbocycles. The zero-order chi connectivity index (χ0) is 11.1. The number of carboxylic acid groups (broad SMARTS) is 1. The second kappa shape index (κ2) is 6.12. The van der Waals surface area contributed by atoms with E-state index >= 15 is 0 Å². The maximum atomic E-state index is 10.9. The third-order valence-electron chi connectivity index (χ3n) is 1.61. The molecular formula is C9H15NO4. The molecule has 0 aromatic carbocycles. The molecule has 1 amide bonds. The largest absolute Gasteiger partial charge is 0.480 e. The number of carbonyl (C=O) groups is 3. The van der Waals surface area contributed by atoms with Crippen LogP contribution in [0.2, 0.25) is 0 Å². The van der Waals surface area contributed by atoms with Crippen LogP contribution < -0.4 is 5.32 Å². The van der Waals surface area contributed by atoms with Crippen molar-refractivity contribution in [2.45, 2.75) is 32.7 Å². The van der Waals surface area contributed by atoms with Gasteiger partial charge in [-0.05, 0) is 12.3 Å². The molecule has 80 valence electrons. The van der Waals surface area contributed by atoms with E-state index in [0.29, 0.717) is 12.7 Å². The molecule has 14 heavy (non-hydrogen) atoms. The third kappa shape index (κ3) is 5.29. The first-order valence-electron chi connectivity index (χ1n) is 4.43. The summed E-state index contributed by atoms with van der Waals surface area (Å²) in [6.45, 7) is 3.73. The zero-order valence-corrected chi connectivity index (χ0v) is 8.32. The lowest BCUT2D eigenvalue weighted by Gasteiger charge is -2.15. The summed E-state index contributed by atoms with van der Waals surface area (Å²) in [7, 11) is 0. The van der Waals surface area contributed by atoms with Crippen molar-refractivity contribution in [3.8, 4) is 0 Å². The molecule has 0 aliphatic rings. The fourth-order valence-corrected chi connectivity index (χ4v) is 1.02. The lowest BCUT2D eigenvalue weighted by atomic mass is 10.0. The van der Waals surface area contributed by atoms with Crippen LogP contribution in [0.1, 0.15) is 26.7 Å². The summed E-state index contributed by atoms with van der Waals surface area (Å²) in [5, 5.41) is 11.0. The first-order chi connectivity index (χ1) is 6.47. The van der Waals surface area contributed by atoms with E-state index in [-0.39, 0.29) is 12.3 Å². The highest BCUT2D eigenvalue weighted by Crippen LogP contribution is 2.04. The number of carbonyl (C=O) groups excluding carboxylic acids is 2. The van der Waals surface area contributed by atoms with Crippen LogP contribution in [0.4, 0.5) is 0 Å². The molecule has 1 atom stereocenters. The Morgan fingerprint density at radius 3 is 2.36 bits per heavy atom. The molecule has 1 unspecified atom stereocenters. The van der Waals surface area contributed by atoms with Gasteiger partial charge in [0.1, 0.15) is 12.3 Å². The maximum absolute atomic E-state index is 10.9. The smallest absolute Gasteiger partial charge is 0.326 e. The van der Waals surface area contributed by atoms with Gasteiger partial charge in [0.25, 0.3) is 0 Å². The molecule has 2 N–H and O–H groups in total. The van der Waals surface area contributed by atoms with Gasteiger partial charge in [-0.15, -0.1) is 0 Å². The molecule has 0 aromatic heterocycles. The monoisotopic (exact) mass is 201 g/mol. The number of aliphatic carboxylic acids is 1. The average Bonchev–Trinajstić information content (AvgIpc) is 2.02. The van der Waals surface area contributed by atoms with Crippen LogP contribution in [0.3, 0.4) is 0 Å². The van der Waals surface area contributed by atoms with Gasteiger partial charge in [-0.2, -0.15) is 0 Å². The number of amides is 1. The minimum absolute atomic E-state index is 0.174. The van der Waals surface area contributed by atoms with Gasteiger partial charge in [-0.1, -0.05) is 13.8 Å². The molecule has 0 saturated heterocycles. The molecule has 0 heterocycles. The zero-order valence-electron chi connectivity index (χ0n) is 8.32. The summed E-state index contributed by atoms with van der Waals surface area (Å²) in [6.07, 6.45) is 0.519. The van der Waals surface area contributed by atoms with Crippen molar-refractivity contribution in [1.29, 1.82) is 0 Å². The van der Waals surface area contributed by atoms with E-state index in [1.807, 2.05) is 13.8 Å². The van der Waals surface area contributed by atoms with E-state index < -0.39 is 17.9 Å². The highest BCUT2D eigenvalue weighted by atomic mass is 16.4. The Labute approximate surface area is 82.5 Å². The van der Waals surface area contributed by atoms with Crippen molar-refractivity contribution in [2.75, 3.05) is 0 Å². The van der Waals surface area contributed by atoms with Gasteiger partial charge in [0.15, 0.2) is 0 Å². The van der Waals surface area contributed by atoms with E-state index in [0.717, 1.165) is 0 Å². The summed E-state index contributed by atoms with van der Waals surface area (Å²) >= 11 is 0. The molecule has 0 rings (SSSR count). The minimum atomic E-state index is -1.07. The van der Waals surface area contributed by atoms with Gasteiger partial charge in [0.05, 0.1) is 6.42 Å². The van der Waals surface area contributed by atoms with Gasteiger partial charge in [-0.25, -0.2) is 4.79 Å². The molecule has 0 aliphatic heterocycles. The fraction of sp³-hybridized carbons (Fsp3) is 0.667. The maximum Gasteiger partial charge on any atom is 0.326 e. The predicted octanol–water partition coefficient (Wildman–Crippen LogP) is 0.191. The van der Waals surface area contributed by atoms with Crippen molar-refractivity contribution in [1.82, 2.24) is 5.32 Å². The molecular weight excluding hydrogens is 186 g/mol. The quantitative estimate of drug-likeness (QED) is 0.474. The third-order valence-corrected chi connectivity index (χ3v) is 1.61. The minimum Gasteiger partial charge on any atom is -0.480 e. The molecule has 0 aromatic rings. The first kappa shape index (κ1) is 12.6. The molecule has 0 spiro atoms. The van der Waals surface area contributed by atoms with E-state index in [9.17, 15) is 14.4 Å². The number of rotatable bonds is 6. The predicted molar refractivity (Wildman–Crippen MR) is 49.7 cm³/mol. The van der Waals surface area contributed by atoms with E-state index in [1.54, 1.807) is 0 Å². The highest BCUT2D eigenvalue weighted by molar-refractivity contribution is 5.90. The normalized spacial score (nSPS) is 12.2. The van der Waals surface area contributed by atoms with Crippen LogP contribution in [0.5, 0.6) is 0 Å². The second-order valence-electron chi connectivity index (χ2n) is 3.46. The van der Waals surface area contributed by atoms with Gasteiger partial charge >= 0.3 is 5.97 Å². The molecule has 5 nitrogen and oxygen atoms in total. The topological polar surface area (TPSA) is 83.5 Å². The Morgan fingerprint density at radius 2 is 2.00 bits per heavy atom. The SMILES string of the molecule is CC(C)CC(NC(=O)CC=O)C(=O)O. The van der Waals surface area contributed by atoms with Crippen LogP contribution >= 0.6 is 0 Å². The summed E-state index contributed by atoms with van der Waals surface area (Å²) in [5.41, 5.74) is 0. The van der Waals surface area contributed by atoms with Crippen LogP contribution in [-0.2, 0) is 14.4 Å². The summed E-state index contributed by atoms with van der Waals surface area (Å²) in [6, 6.07) is -0.901. The summed E-state index contributed by atoms with van der Waals surface area (Å²) in [4.78, 5) is 31.6. The van der Waals surface area contributed by atoms with Crippen LogP contribution in [-0.4, -0.2) is 29.3 Å². The lowest BCUT2D eigenvalue weighted by molar-refractivity contribution is -0.142. The van der Waals surface area contributed by atoms with E-state index in [4.69, 9.17) is 5.11 Å². The number of aldehydes is 1. The summed E-state index contributed by atoms with van der Waals surface area (Å²) < 4.78 is 0. The van der Waals surface area contributed by atoms with Gasteiger partial charge in [0, 0.05) is 0 Å². The molecule has 5 heteroatoms. The number of nitrogens with one attached hydrogen (secondary N) is 1. The van der Waals surface area contributed by atoms with Gasteiger partial charge in [0.2, 0.25) is 5.91 Å². The lowest BCUT2D eigenvalue weighted by Crippen LogP contribution is -2.41. The summed E-state index contributed by atoms with van der Waals surface area (Å²) in [5.74, 6) is -1.45. The van der Waals surface area contributed by atoms with Gasteiger partial charge in [-0.3, -0.25) is 4.79 Å². The Morgan fingerprint density at radius 1 is 1.43 bits per heavy atom. The first-order valence-corrected chi connectivity index (χ1v) is 4.43. The van der Waals surface area contributed by atoms with Crippen molar-refractivity contribution in [3.63, 3.8) is 0 Å². The number of carboxylic acids is 1. The van der Waals surface area contributed by atoms with Crippen molar-refractivity contribution >= 4 is 18.2 Å². The molecule has 0 bridgehead atoms. The molecule has 0 fully saturated rings. The van der Waals surface area contributed by atoms with Crippen LogP contribution in [0.15, 0.2) is 0 Å². The molecule has 0 radical (unpaired) electrons.